The van der Waals surface area contributed by atoms with E-state index in [4.69, 9.17) is 0 Å². The smallest absolute Gasteiger partial charge is 0.330 e. The van der Waals surface area contributed by atoms with Gasteiger partial charge in [-0.2, -0.15) is 0 Å². The van der Waals surface area contributed by atoms with Gasteiger partial charge < -0.3 is 5.32 Å². The van der Waals surface area contributed by atoms with Crippen LogP contribution < -0.4 is 16.6 Å². The van der Waals surface area contributed by atoms with Crippen LogP contribution >= 0.6 is 0 Å². The third-order valence-electron chi connectivity index (χ3n) is 4.87. The molecule has 1 fully saturated rings. The van der Waals surface area contributed by atoms with Gasteiger partial charge in [-0.15, -0.1) is 0 Å². The molecule has 0 aromatic carbocycles. The summed E-state index contributed by atoms with van der Waals surface area (Å²) in [5.41, 5.74) is 1.44. The molecular weight excluding hydrogens is 318 g/mol. The lowest BCUT2D eigenvalue weighted by atomic mass is 10.1. The van der Waals surface area contributed by atoms with E-state index < -0.39 is 0 Å². The lowest BCUT2D eigenvalue weighted by molar-refractivity contribution is 0.308. The van der Waals surface area contributed by atoms with Crippen LogP contribution in [0.3, 0.4) is 0 Å². The number of nitrogens with one attached hydrogen (secondary N) is 1. The Bertz CT molecular complexity index is 871. The van der Waals surface area contributed by atoms with E-state index in [1.807, 2.05) is 18.3 Å². The minimum atomic E-state index is -0.273. The Morgan fingerprint density at radius 3 is 2.80 bits per heavy atom. The number of aryl methyl sites for hydroxylation is 1. The number of anilines is 1. The van der Waals surface area contributed by atoms with Crippen LogP contribution in [0.25, 0.3) is 0 Å². The Labute approximate surface area is 146 Å². The van der Waals surface area contributed by atoms with Crippen molar-refractivity contribution >= 4 is 5.82 Å². The second-order valence-electron chi connectivity index (χ2n) is 6.86. The molecule has 1 unspecified atom stereocenters. The molecule has 1 saturated heterocycles. The van der Waals surface area contributed by atoms with E-state index in [0.29, 0.717) is 12.5 Å². The standard InChI is InChI=1S/C18H25N5O2/c1-13-4-6-19-16(8-13)20-10-14-5-7-23(11-14)12-15-9-17(24)22(3)18(25)21(15)2/h4,6,8-9,14H,5,7,10-12H2,1-3H3,(H,19,20). The van der Waals surface area contributed by atoms with E-state index in [2.05, 4.69) is 22.1 Å². The molecule has 0 saturated carbocycles. The van der Waals surface area contributed by atoms with Gasteiger partial charge in [0.15, 0.2) is 0 Å². The number of hydrogen-bond donors (Lipinski definition) is 1. The highest BCUT2D eigenvalue weighted by atomic mass is 16.2. The molecule has 0 aliphatic carbocycles. The predicted octanol–water partition coefficient (Wildman–Crippen LogP) is 0.721. The third kappa shape index (κ3) is 3.99. The fourth-order valence-electron chi connectivity index (χ4n) is 3.26. The van der Waals surface area contributed by atoms with Gasteiger partial charge in [0.1, 0.15) is 5.82 Å². The molecule has 0 spiro atoms. The van der Waals surface area contributed by atoms with Gasteiger partial charge in [0.05, 0.1) is 0 Å². The van der Waals surface area contributed by atoms with Gasteiger partial charge in [0.2, 0.25) is 0 Å². The SMILES string of the molecule is Cc1ccnc(NCC2CCN(Cc3cc(=O)n(C)c(=O)n3C)C2)c1. The van der Waals surface area contributed by atoms with Crippen LogP contribution in [0.15, 0.2) is 34.0 Å². The molecule has 3 heterocycles. The van der Waals surface area contributed by atoms with Gasteiger partial charge in [0, 0.05) is 51.7 Å². The zero-order chi connectivity index (χ0) is 18.0. The molecule has 1 N–H and O–H groups in total. The first kappa shape index (κ1) is 17.4. The molecule has 0 radical (unpaired) electrons. The minimum absolute atomic E-state index is 0.249. The van der Waals surface area contributed by atoms with Crippen LogP contribution in [0, 0.1) is 12.8 Å². The summed E-state index contributed by atoms with van der Waals surface area (Å²) in [6.45, 7) is 5.47. The fourth-order valence-corrected chi connectivity index (χ4v) is 3.26. The maximum absolute atomic E-state index is 12.0. The summed E-state index contributed by atoms with van der Waals surface area (Å²) in [4.78, 5) is 30.5. The largest absolute Gasteiger partial charge is 0.370 e. The van der Waals surface area contributed by atoms with E-state index in [1.54, 1.807) is 17.7 Å². The molecule has 1 aliphatic heterocycles. The van der Waals surface area contributed by atoms with Crippen molar-refractivity contribution in [3.05, 3.63) is 56.5 Å². The zero-order valence-corrected chi connectivity index (χ0v) is 15.0. The van der Waals surface area contributed by atoms with E-state index in [1.165, 1.54) is 12.6 Å². The monoisotopic (exact) mass is 343 g/mol. The Morgan fingerprint density at radius 1 is 1.24 bits per heavy atom. The molecule has 7 heteroatoms. The maximum Gasteiger partial charge on any atom is 0.330 e. The molecule has 1 atom stereocenters. The first-order valence-corrected chi connectivity index (χ1v) is 8.59. The van der Waals surface area contributed by atoms with E-state index >= 15 is 0 Å². The predicted molar refractivity (Wildman–Crippen MR) is 97.8 cm³/mol. The van der Waals surface area contributed by atoms with Gasteiger partial charge in [0.25, 0.3) is 5.56 Å². The molecular formula is C18H25N5O2. The fraction of sp³-hybridized carbons (Fsp3) is 0.500. The van der Waals surface area contributed by atoms with Crippen LogP contribution in [0.5, 0.6) is 0 Å². The normalized spacial score (nSPS) is 17.8. The topological polar surface area (TPSA) is 72.2 Å². The molecule has 25 heavy (non-hydrogen) atoms. The lowest BCUT2D eigenvalue weighted by Crippen LogP contribution is -2.39. The summed E-state index contributed by atoms with van der Waals surface area (Å²) in [5, 5.41) is 3.40. The van der Waals surface area contributed by atoms with Crippen LogP contribution in [0.1, 0.15) is 17.7 Å². The minimum Gasteiger partial charge on any atom is -0.370 e. The summed E-state index contributed by atoms with van der Waals surface area (Å²) >= 11 is 0. The van der Waals surface area contributed by atoms with Crippen LogP contribution in [-0.2, 0) is 20.6 Å². The average molecular weight is 343 g/mol. The molecule has 0 amide bonds. The van der Waals surface area contributed by atoms with Gasteiger partial charge in [-0.25, -0.2) is 9.78 Å². The Hall–Kier alpha value is -2.41. The Morgan fingerprint density at radius 2 is 2.04 bits per heavy atom. The van der Waals surface area contributed by atoms with Crippen molar-refractivity contribution in [3.63, 3.8) is 0 Å². The van der Waals surface area contributed by atoms with Gasteiger partial charge in [-0.1, -0.05) is 0 Å². The average Bonchev–Trinajstić information content (AvgIpc) is 3.03. The molecule has 2 aromatic heterocycles. The summed E-state index contributed by atoms with van der Waals surface area (Å²) < 4.78 is 2.69. The molecule has 3 rings (SSSR count). The van der Waals surface area contributed by atoms with Gasteiger partial charge in [-0.05, 0) is 43.5 Å². The number of rotatable bonds is 5. The zero-order valence-electron chi connectivity index (χ0n) is 15.0. The number of nitrogens with zero attached hydrogens (tertiary/aromatic N) is 4. The van der Waals surface area contributed by atoms with Crippen molar-refractivity contribution < 1.29 is 0 Å². The first-order chi connectivity index (χ1) is 11.9. The second kappa shape index (κ2) is 7.23. The summed E-state index contributed by atoms with van der Waals surface area (Å²) in [6, 6.07) is 5.59. The molecule has 1 aliphatic rings. The molecule has 2 aromatic rings. The van der Waals surface area contributed by atoms with E-state index in [0.717, 1.165) is 42.1 Å². The number of aromatic nitrogens is 3. The second-order valence-corrected chi connectivity index (χ2v) is 6.86. The van der Waals surface area contributed by atoms with Gasteiger partial charge in [-0.3, -0.25) is 18.8 Å². The highest BCUT2D eigenvalue weighted by molar-refractivity contribution is 5.36. The van der Waals surface area contributed by atoms with Crippen molar-refractivity contribution in [1.82, 2.24) is 19.0 Å². The van der Waals surface area contributed by atoms with Crippen molar-refractivity contribution in [1.29, 1.82) is 0 Å². The van der Waals surface area contributed by atoms with Crippen LogP contribution in [-0.4, -0.2) is 38.7 Å². The quantitative estimate of drug-likeness (QED) is 0.866. The van der Waals surface area contributed by atoms with Gasteiger partial charge >= 0.3 is 5.69 Å². The summed E-state index contributed by atoms with van der Waals surface area (Å²) in [6.07, 6.45) is 2.91. The molecule has 134 valence electrons. The van der Waals surface area contributed by atoms with Crippen LogP contribution in [0.4, 0.5) is 5.82 Å². The molecule has 0 bridgehead atoms. The van der Waals surface area contributed by atoms with Crippen molar-refractivity contribution in [2.75, 3.05) is 25.0 Å². The number of likely N-dealkylation sites (tertiary alicyclic amines) is 1. The Kier molecular flexibility index (Phi) is 5.03. The van der Waals surface area contributed by atoms with Crippen LogP contribution in [0.2, 0.25) is 0 Å². The van der Waals surface area contributed by atoms with Crippen molar-refractivity contribution in [2.24, 2.45) is 20.0 Å². The lowest BCUT2D eigenvalue weighted by Gasteiger charge is -2.18. The first-order valence-electron chi connectivity index (χ1n) is 8.59. The highest BCUT2D eigenvalue weighted by Crippen LogP contribution is 2.18. The summed E-state index contributed by atoms with van der Waals surface area (Å²) in [7, 11) is 3.22. The highest BCUT2D eigenvalue weighted by Gasteiger charge is 2.23. The van der Waals surface area contributed by atoms with E-state index in [9.17, 15) is 9.59 Å². The van der Waals surface area contributed by atoms with E-state index in [-0.39, 0.29) is 11.2 Å². The maximum atomic E-state index is 12.0. The van der Waals surface area contributed by atoms with Crippen molar-refractivity contribution in [2.45, 2.75) is 19.9 Å². The van der Waals surface area contributed by atoms with Crippen molar-refractivity contribution in [3.8, 4) is 0 Å². The number of pyridine rings is 1. The summed E-state index contributed by atoms with van der Waals surface area (Å²) in [5.74, 6) is 1.44. The third-order valence-corrected chi connectivity index (χ3v) is 4.87. The molecule has 7 nitrogen and oxygen atoms in total. The Balaban J connectivity index is 1.58. The number of hydrogen-bond acceptors (Lipinski definition) is 5.